The van der Waals surface area contributed by atoms with Crippen LogP contribution in [0, 0.1) is 6.92 Å². The highest BCUT2D eigenvalue weighted by Crippen LogP contribution is 2.22. The minimum Gasteiger partial charge on any atom is -0.325 e. The fourth-order valence-electron chi connectivity index (χ4n) is 2.94. The summed E-state index contributed by atoms with van der Waals surface area (Å²) in [6.07, 6.45) is 3.28. The lowest BCUT2D eigenvalue weighted by Gasteiger charge is -2.13. The average Bonchev–Trinajstić information content (AvgIpc) is 3.07. The number of carbonyl (C=O) groups excluding carboxylic acids is 2. The van der Waals surface area contributed by atoms with E-state index in [9.17, 15) is 9.59 Å². The number of hydrogen-bond acceptors (Lipinski definition) is 5. The van der Waals surface area contributed by atoms with Crippen LogP contribution in [-0.4, -0.2) is 51.9 Å². The maximum absolute atomic E-state index is 12.7. The molecular formula is C21H26N6O2. The summed E-state index contributed by atoms with van der Waals surface area (Å²) >= 11 is 0. The molecule has 0 saturated heterocycles. The van der Waals surface area contributed by atoms with Gasteiger partial charge in [-0.3, -0.25) is 9.59 Å². The average molecular weight is 394 g/mol. The monoisotopic (exact) mass is 394 g/mol. The van der Waals surface area contributed by atoms with Crippen molar-refractivity contribution in [2.75, 3.05) is 31.3 Å². The molecular weight excluding hydrogens is 368 g/mol. The Labute approximate surface area is 169 Å². The Bertz CT molecular complexity index is 1050. The number of anilines is 2. The molecule has 0 aliphatic heterocycles. The zero-order valence-electron chi connectivity index (χ0n) is 17.4. The molecule has 0 aliphatic carbocycles. The zero-order chi connectivity index (χ0) is 21.1. The van der Waals surface area contributed by atoms with E-state index in [1.807, 2.05) is 37.7 Å². The molecule has 0 fully saturated rings. The molecule has 2 amide bonds. The Balaban J connectivity index is 1.78. The summed E-state index contributed by atoms with van der Waals surface area (Å²) in [4.78, 5) is 35.3. The van der Waals surface area contributed by atoms with Crippen LogP contribution in [0.2, 0.25) is 0 Å². The Kier molecular flexibility index (Phi) is 5.93. The Morgan fingerprint density at radius 2 is 1.90 bits per heavy atom. The van der Waals surface area contributed by atoms with Crippen LogP contribution in [0.1, 0.15) is 35.8 Å². The van der Waals surface area contributed by atoms with Gasteiger partial charge in [0.25, 0.3) is 5.91 Å². The third-order valence-electron chi connectivity index (χ3n) is 4.46. The van der Waals surface area contributed by atoms with Gasteiger partial charge in [-0.05, 0) is 58.6 Å². The van der Waals surface area contributed by atoms with E-state index < -0.39 is 0 Å². The molecule has 0 radical (unpaired) electrons. The van der Waals surface area contributed by atoms with Crippen LogP contribution in [0.5, 0.6) is 0 Å². The SMILES string of the molecule is Cc1ccc(NC(=O)CN(C)C)cc1NC(=O)c1cnc2c(c1)ncn2C(C)C. The normalized spacial score (nSPS) is 11.3. The third-order valence-corrected chi connectivity index (χ3v) is 4.46. The molecule has 2 aromatic heterocycles. The number of benzene rings is 1. The highest BCUT2D eigenvalue weighted by atomic mass is 16.2. The molecule has 0 saturated carbocycles. The van der Waals surface area contributed by atoms with Gasteiger partial charge in [0, 0.05) is 23.6 Å². The van der Waals surface area contributed by atoms with E-state index in [1.54, 1.807) is 29.6 Å². The first-order valence-electron chi connectivity index (χ1n) is 9.43. The van der Waals surface area contributed by atoms with Gasteiger partial charge in [0.15, 0.2) is 5.65 Å². The first-order chi connectivity index (χ1) is 13.7. The molecule has 152 valence electrons. The van der Waals surface area contributed by atoms with E-state index in [1.165, 1.54) is 0 Å². The molecule has 29 heavy (non-hydrogen) atoms. The smallest absolute Gasteiger partial charge is 0.257 e. The molecule has 0 atom stereocenters. The largest absolute Gasteiger partial charge is 0.325 e. The number of aryl methyl sites for hydroxylation is 1. The second-order valence-corrected chi connectivity index (χ2v) is 7.58. The molecule has 1 aromatic carbocycles. The van der Waals surface area contributed by atoms with Crippen LogP contribution in [0.15, 0.2) is 36.8 Å². The topological polar surface area (TPSA) is 92.2 Å². The minimum absolute atomic E-state index is 0.119. The lowest BCUT2D eigenvalue weighted by molar-refractivity contribution is -0.116. The van der Waals surface area contributed by atoms with Crippen molar-refractivity contribution < 1.29 is 9.59 Å². The predicted octanol–water partition coefficient (Wildman–Crippen LogP) is 3.07. The molecule has 8 heteroatoms. The van der Waals surface area contributed by atoms with Gasteiger partial charge < -0.3 is 20.1 Å². The van der Waals surface area contributed by atoms with Gasteiger partial charge in [-0.1, -0.05) is 6.07 Å². The van der Waals surface area contributed by atoms with Crippen LogP contribution in [0.3, 0.4) is 0 Å². The Morgan fingerprint density at radius 1 is 1.14 bits per heavy atom. The Hall–Kier alpha value is -3.26. The summed E-state index contributed by atoms with van der Waals surface area (Å²) in [6, 6.07) is 7.38. The summed E-state index contributed by atoms with van der Waals surface area (Å²) in [5, 5.41) is 5.73. The standard InChI is InChI=1S/C21H26N6O2/c1-13(2)27-12-23-18-8-15(10-22-20(18)27)21(29)25-17-9-16(7-6-14(17)3)24-19(28)11-26(4)5/h6-10,12-13H,11H2,1-5H3,(H,24,28)(H,25,29). The minimum atomic E-state index is -0.279. The number of imidazole rings is 1. The number of nitrogens with zero attached hydrogens (tertiary/aromatic N) is 4. The van der Waals surface area contributed by atoms with Crippen molar-refractivity contribution in [2.45, 2.75) is 26.8 Å². The molecule has 0 unspecified atom stereocenters. The number of amides is 2. The summed E-state index contributed by atoms with van der Waals surface area (Å²) in [6.45, 7) is 6.28. The van der Waals surface area contributed by atoms with E-state index in [-0.39, 0.29) is 24.4 Å². The van der Waals surface area contributed by atoms with Crippen LogP contribution in [0.4, 0.5) is 11.4 Å². The van der Waals surface area contributed by atoms with Gasteiger partial charge in [0.05, 0.1) is 18.4 Å². The quantitative estimate of drug-likeness (QED) is 0.670. The number of hydrogen-bond donors (Lipinski definition) is 2. The molecule has 3 aromatic rings. The fraction of sp³-hybridized carbons (Fsp3) is 0.333. The Morgan fingerprint density at radius 3 is 2.59 bits per heavy atom. The second kappa shape index (κ2) is 8.40. The van der Waals surface area contributed by atoms with Crippen molar-refractivity contribution in [3.05, 3.63) is 47.9 Å². The summed E-state index contributed by atoms with van der Waals surface area (Å²) in [7, 11) is 3.66. The molecule has 2 N–H and O–H groups in total. The highest BCUT2D eigenvalue weighted by molar-refractivity contribution is 6.06. The first kappa shape index (κ1) is 20.5. The highest BCUT2D eigenvalue weighted by Gasteiger charge is 2.13. The lowest BCUT2D eigenvalue weighted by atomic mass is 10.1. The molecule has 8 nitrogen and oxygen atoms in total. The van der Waals surface area contributed by atoms with E-state index >= 15 is 0 Å². The summed E-state index contributed by atoms with van der Waals surface area (Å²) < 4.78 is 1.96. The number of aromatic nitrogens is 3. The van der Waals surface area contributed by atoms with Crippen LogP contribution < -0.4 is 10.6 Å². The van der Waals surface area contributed by atoms with E-state index in [2.05, 4.69) is 34.4 Å². The predicted molar refractivity (Wildman–Crippen MR) is 114 cm³/mol. The van der Waals surface area contributed by atoms with Crippen LogP contribution in [0.25, 0.3) is 11.2 Å². The van der Waals surface area contributed by atoms with Crippen LogP contribution in [-0.2, 0) is 4.79 Å². The van der Waals surface area contributed by atoms with Gasteiger partial charge in [-0.25, -0.2) is 9.97 Å². The van der Waals surface area contributed by atoms with E-state index in [0.29, 0.717) is 22.5 Å². The van der Waals surface area contributed by atoms with Gasteiger partial charge in [-0.2, -0.15) is 0 Å². The number of pyridine rings is 1. The molecule has 3 rings (SSSR count). The summed E-state index contributed by atoms with van der Waals surface area (Å²) in [5.74, 6) is -0.398. The number of likely N-dealkylation sites (N-methyl/N-ethyl adjacent to an activating group) is 1. The van der Waals surface area contributed by atoms with Gasteiger partial charge >= 0.3 is 0 Å². The number of nitrogens with one attached hydrogen (secondary N) is 2. The summed E-state index contributed by atoms with van der Waals surface area (Å²) in [5.41, 5.74) is 3.99. The number of rotatable bonds is 6. The molecule has 2 heterocycles. The maximum atomic E-state index is 12.7. The molecule has 0 spiro atoms. The number of fused-ring (bicyclic) bond motifs is 1. The van der Waals surface area contributed by atoms with Gasteiger partial charge in [-0.15, -0.1) is 0 Å². The van der Waals surface area contributed by atoms with Crippen molar-refractivity contribution in [3.8, 4) is 0 Å². The van der Waals surface area contributed by atoms with Gasteiger partial charge in [0.2, 0.25) is 5.91 Å². The van der Waals surface area contributed by atoms with Crippen molar-refractivity contribution >= 4 is 34.4 Å². The molecule has 0 aliphatic rings. The third kappa shape index (κ3) is 4.78. The van der Waals surface area contributed by atoms with Crippen molar-refractivity contribution in [1.29, 1.82) is 0 Å². The lowest BCUT2D eigenvalue weighted by Crippen LogP contribution is -2.27. The maximum Gasteiger partial charge on any atom is 0.257 e. The first-order valence-corrected chi connectivity index (χ1v) is 9.43. The zero-order valence-corrected chi connectivity index (χ0v) is 17.4. The van der Waals surface area contributed by atoms with Crippen molar-refractivity contribution in [3.63, 3.8) is 0 Å². The van der Waals surface area contributed by atoms with Crippen molar-refractivity contribution in [1.82, 2.24) is 19.4 Å². The fourth-order valence-corrected chi connectivity index (χ4v) is 2.94. The van der Waals surface area contributed by atoms with E-state index in [4.69, 9.17) is 0 Å². The number of carbonyl (C=O) groups is 2. The molecule has 0 bridgehead atoms. The van der Waals surface area contributed by atoms with E-state index in [0.717, 1.165) is 11.2 Å². The van der Waals surface area contributed by atoms with Crippen molar-refractivity contribution in [2.24, 2.45) is 0 Å². The second-order valence-electron chi connectivity index (χ2n) is 7.58. The van der Waals surface area contributed by atoms with Crippen LogP contribution >= 0.6 is 0 Å². The van der Waals surface area contributed by atoms with Gasteiger partial charge in [0.1, 0.15) is 5.52 Å².